The predicted molar refractivity (Wildman–Crippen MR) is 66.3 cm³/mol. The van der Waals surface area contributed by atoms with E-state index in [1.165, 1.54) is 7.05 Å². The van der Waals surface area contributed by atoms with Crippen molar-refractivity contribution in [1.82, 2.24) is 4.90 Å². The molecular weight excluding hydrogens is 257 g/mol. The maximum Gasteiger partial charge on any atom is 0.390 e. The molecule has 0 spiro atoms. The van der Waals surface area contributed by atoms with E-state index in [0.717, 1.165) is 16.0 Å². The smallest absolute Gasteiger partial charge is 0.345 e. The molecule has 0 unspecified atom stereocenters. The molecule has 106 valence electrons. The number of alkyl halides is 3. The molecule has 0 heterocycles. The number of likely N-dealkylation sites (N-methyl/N-ethyl adjacent to an activating group) is 1. The summed E-state index contributed by atoms with van der Waals surface area (Å²) in [5, 5.41) is 0. The molecule has 0 saturated carbocycles. The summed E-state index contributed by atoms with van der Waals surface area (Å²) in [6, 6.07) is 7.15. The van der Waals surface area contributed by atoms with Gasteiger partial charge in [-0.2, -0.15) is 13.2 Å². The van der Waals surface area contributed by atoms with Crippen molar-refractivity contribution in [2.24, 2.45) is 5.73 Å². The molecule has 3 nitrogen and oxygen atoms in total. The van der Waals surface area contributed by atoms with Crippen LogP contribution in [-0.2, 0) is 17.8 Å². The average molecular weight is 274 g/mol. The minimum absolute atomic E-state index is 0.0712. The normalized spacial score (nSPS) is 11.4. The quantitative estimate of drug-likeness (QED) is 0.893. The van der Waals surface area contributed by atoms with E-state index in [2.05, 4.69) is 0 Å². The SMILES string of the molecule is CN(CCC(F)(F)F)C(=O)Cc1ccccc1CN. The van der Waals surface area contributed by atoms with Gasteiger partial charge in [0.1, 0.15) is 0 Å². The third-order valence-corrected chi connectivity index (χ3v) is 2.84. The van der Waals surface area contributed by atoms with Gasteiger partial charge in [0.15, 0.2) is 0 Å². The summed E-state index contributed by atoms with van der Waals surface area (Å²) in [5.74, 6) is -0.342. The van der Waals surface area contributed by atoms with E-state index in [4.69, 9.17) is 5.73 Å². The molecule has 1 aromatic rings. The number of carbonyl (C=O) groups excluding carboxylic acids is 1. The molecule has 2 N–H and O–H groups in total. The summed E-state index contributed by atoms with van der Waals surface area (Å²) in [5.41, 5.74) is 7.14. The molecule has 0 aliphatic rings. The molecule has 0 radical (unpaired) electrons. The van der Waals surface area contributed by atoms with Crippen molar-refractivity contribution in [3.05, 3.63) is 35.4 Å². The van der Waals surface area contributed by atoms with Crippen molar-refractivity contribution in [2.45, 2.75) is 25.6 Å². The largest absolute Gasteiger partial charge is 0.390 e. The highest BCUT2D eigenvalue weighted by molar-refractivity contribution is 5.78. The van der Waals surface area contributed by atoms with Crippen LogP contribution in [0.2, 0.25) is 0 Å². The van der Waals surface area contributed by atoms with Crippen molar-refractivity contribution in [3.8, 4) is 0 Å². The summed E-state index contributed by atoms with van der Waals surface area (Å²) < 4.78 is 36.2. The fourth-order valence-electron chi connectivity index (χ4n) is 1.65. The van der Waals surface area contributed by atoms with Crippen LogP contribution in [0.15, 0.2) is 24.3 Å². The molecule has 1 aromatic carbocycles. The van der Waals surface area contributed by atoms with E-state index in [1.54, 1.807) is 18.2 Å². The number of benzene rings is 1. The van der Waals surface area contributed by atoms with Crippen molar-refractivity contribution < 1.29 is 18.0 Å². The van der Waals surface area contributed by atoms with Gasteiger partial charge in [0, 0.05) is 20.1 Å². The lowest BCUT2D eigenvalue weighted by Crippen LogP contribution is -2.32. The van der Waals surface area contributed by atoms with Crippen molar-refractivity contribution in [1.29, 1.82) is 0 Å². The van der Waals surface area contributed by atoms with Gasteiger partial charge >= 0.3 is 6.18 Å². The molecule has 0 aliphatic heterocycles. The van der Waals surface area contributed by atoms with Crippen LogP contribution in [0.25, 0.3) is 0 Å². The van der Waals surface area contributed by atoms with Gasteiger partial charge in [-0.1, -0.05) is 24.3 Å². The summed E-state index contributed by atoms with van der Waals surface area (Å²) in [6.45, 7) is -0.0250. The second-order valence-electron chi connectivity index (χ2n) is 4.33. The van der Waals surface area contributed by atoms with Crippen LogP contribution >= 0.6 is 0 Å². The van der Waals surface area contributed by atoms with E-state index in [9.17, 15) is 18.0 Å². The maximum atomic E-state index is 12.1. The second-order valence-corrected chi connectivity index (χ2v) is 4.33. The number of nitrogens with zero attached hydrogens (tertiary/aromatic N) is 1. The fourth-order valence-corrected chi connectivity index (χ4v) is 1.65. The number of amides is 1. The Bertz CT molecular complexity index is 432. The Hall–Kier alpha value is -1.56. The summed E-state index contributed by atoms with van der Waals surface area (Å²) in [7, 11) is 1.37. The van der Waals surface area contributed by atoms with Crippen LogP contribution in [0.3, 0.4) is 0 Å². The zero-order chi connectivity index (χ0) is 14.5. The minimum Gasteiger partial charge on any atom is -0.345 e. The van der Waals surface area contributed by atoms with Gasteiger partial charge in [-0.05, 0) is 11.1 Å². The second kappa shape index (κ2) is 6.56. The first-order chi connectivity index (χ1) is 8.83. The van der Waals surface area contributed by atoms with Crippen LogP contribution in [0, 0.1) is 0 Å². The standard InChI is InChI=1S/C13H17F3N2O/c1-18(7-6-13(14,15)16)12(19)8-10-4-2-3-5-11(10)9-17/h2-5H,6-9,17H2,1H3. The summed E-state index contributed by atoms with van der Waals surface area (Å²) in [4.78, 5) is 12.9. The zero-order valence-corrected chi connectivity index (χ0v) is 10.7. The first-order valence-corrected chi connectivity index (χ1v) is 5.91. The highest BCUT2D eigenvalue weighted by Gasteiger charge is 2.28. The summed E-state index contributed by atoms with van der Waals surface area (Å²) >= 11 is 0. The van der Waals surface area contributed by atoms with Crippen molar-refractivity contribution in [3.63, 3.8) is 0 Å². The van der Waals surface area contributed by atoms with Crippen molar-refractivity contribution >= 4 is 5.91 Å². The Balaban J connectivity index is 2.59. The third kappa shape index (κ3) is 5.30. The van der Waals surface area contributed by atoms with E-state index in [-0.39, 0.29) is 18.9 Å². The van der Waals surface area contributed by atoms with Gasteiger partial charge in [0.05, 0.1) is 12.8 Å². The van der Waals surface area contributed by atoms with Gasteiger partial charge < -0.3 is 10.6 Å². The van der Waals surface area contributed by atoms with Gasteiger partial charge in [-0.15, -0.1) is 0 Å². The monoisotopic (exact) mass is 274 g/mol. The van der Waals surface area contributed by atoms with Crippen molar-refractivity contribution in [2.75, 3.05) is 13.6 Å². The zero-order valence-electron chi connectivity index (χ0n) is 10.7. The Morgan fingerprint density at radius 2 is 1.84 bits per heavy atom. The summed E-state index contributed by atoms with van der Waals surface area (Å²) in [6.07, 6.45) is -5.17. The van der Waals surface area contributed by atoms with Gasteiger partial charge in [0.25, 0.3) is 0 Å². The molecule has 1 amide bonds. The lowest BCUT2D eigenvalue weighted by molar-refractivity contribution is -0.143. The number of nitrogens with two attached hydrogens (primary N) is 1. The van der Waals surface area contributed by atoms with Crippen LogP contribution in [-0.4, -0.2) is 30.6 Å². The Morgan fingerprint density at radius 3 is 2.37 bits per heavy atom. The van der Waals surface area contributed by atoms with E-state index >= 15 is 0 Å². The van der Waals surface area contributed by atoms with E-state index in [1.807, 2.05) is 6.07 Å². The molecular formula is C13H17F3N2O. The van der Waals surface area contributed by atoms with Crippen LogP contribution < -0.4 is 5.73 Å². The van der Waals surface area contributed by atoms with Gasteiger partial charge in [-0.25, -0.2) is 0 Å². The molecule has 0 fully saturated rings. The molecule has 0 aromatic heterocycles. The van der Waals surface area contributed by atoms with Gasteiger partial charge in [0.2, 0.25) is 5.91 Å². The van der Waals surface area contributed by atoms with Crippen LogP contribution in [0.5, 0.6) is 0 Å². The maximum absolute atomic E-state index is 12.1. The topological polar surface area (TPSA) is 46.3 Å². The third-order valence-electron chi connectivity index (χ3n) is 2.84. The number of hydrogen-bond acceptors (Lipinski definition) is 2. The molecule has 0 saturated heterocycles. The number of rotatable bonds is 5. The van der Waals surface area contributed by atoms with E-state index < -0.39 is 12.6 Å². The lowest BCUT2D eigenvalue weighted by atomic mass is 10.0. The Morgan fingerprint density at radius 1 is 1.26 bits per heavy atom. The molecule has 19 heavy (non-hydrogen) atoms. The molecule has 1 rings (SSSR count). The minimum atomic E-state index is -4.25. The van der Waals surface area contributed by atoms with Crippen LogP contribution in [0.4, 0.5) is 13.2 Å². The first kappa shape index (κ1) is 15.5. The molecule has 0 bridgehead atoms. The number of carbonyl (C=O) groups is 1. The Labute approximate surface area is 110 Å². The molecule has 0 atom stereocenters. The average Bonchev–Trinajstić information content (AvgIpc) is 2.35. The Kier molecular flexibility index (Phi) is 5.35. The van der Waals surface area contributed by atoms with E-state index in [0.29, 0.717) is 6.54 Å². The predicted octanol–water partition coefficient (Wildman–Crippen LogP) is 2.10. The number of hydrogen-bond donors (Lipinski definition) is 1. The first-order valence-electron chi connectivity index (χ1n) is 5.91. The highest BCUT2D eigenvalue weighted by atomic mass is 19.4. The lowest BCUT2D eigenvalue weighted by Gasteiger charge is -2.19. The highest BCUT2D eigenvalue weighted by Crippen LogP contribution is 2.19. The molecule has 6 heteroatoms. The van der Waals surface area contributed by atoms with Gasteiger partial charge in [-0.3, -0.25) is 4.79 Å². The molecule has 0 aliphatic carbocycles. The van der Waals surface area contributed by atoms with Crippen LogP contribution in [0.1, 0.15) is 17.5 Å². The number of halogens is 3. The fraction of sp³-hybridized carbons (Fsp3) is 0.462.